The number of carbonyl (C=O) groups is 2. The number of amides is 1. The van der Waals surface area contributed by atoms with Gasteiger partial charge in [-0.05, 0) is 12.1 Å². The lowest BCUT2D eigenvalue weighted by atomic mass is 10.1. The molecule has 0 aliphatic rings. The van der Waals surface area contributed by atoms with E-state index in [0.29, 0.717) is 23.7 Å². The average Bonchev–Trinajstić information content (AvgIpc) is 2.47. The van der Waals surface area contributed by atoms with Crippen molar-refractivity contribution < 1.29 is 14.3 Å². The van der Waals surface area contributed by atoms with Gasteiger partial charge in [-0.15, -0.1) is 11.8 Å². The molecule has 1 rings (SSSR count). The summed E-state index contributed by atoms with van der Waals surface area (Å²) in [4.78, 5) is 25.9. The van der Waals surface area contributed by atoms with Crippen molar-refractivity contribution in [3.63, 3.8) is 0 Å². The first kappa shape index (κ1) is 17.9. The molecule has 4 nitrogen and oxygen atoms in total. The lowest BCUT2D eigenvalue weighted by molar-refractivity contribution is -0.146. The number of rotatable bonds is 7. The molecule has 0 aliphatic carbocycles. The van der Waals surface area contributed by atoms with Gasteiger partial charge in [0.1, 0.15) is 0 Å². The second kappa shape index (κ2) is 8.95. The third-order valence-electron chi connectivity index (χ3n) is 2.99. The summed E-state index contributed by atoms with van der Waals surface area (Å²) < 4.78 is 4.65. The minimum atomic E-state index is -0.319. The summed E-state index contributed by atoms with van der Waals surface area (Å²) in [6, 6.07) is 7.55. The molecule has 1 unspecified atom stereocenters. The summed E-state index contributed by atoms with van der Waals surface area (Å²) in [6.07, 6.45) is 0.403. The highest BCUT2D eigenvalue weighted by atomic mass is 35.5. The molecule has 0 saturated heterocycles. The Morgan fingerprint density at radius 1 is 1.38 bits per heavy atom. The second-order valence-corrected chi connectivity index (χ2v) is 6.27. The van der Waals surface area contributed by atoms with E-state index in [2.05, 4.69) is 4.74 Å². The third-order valence-corrected chi connectivity index (χ3v) is 4.50. The van der Waals surface area contributed by atoms with E-state index in [1.54, 1.807) is 30.6 Å². The summed E-state index contributed by atoms with van der Waals surface area (Å²) >= 11 is 7.61. The van der Waals surface area contributed by atoms with E-state index in [1.165, 1.54) is 7.11 Å². The van der Waals surface area contributed by atoms with Crippen LogP contribution < -0.4 is 0 Å². The van der Waals surface area contributed by atoms with Gasteiger partial charge in [-0.3, -0.25) is 9.59 Å². The second-order valence-electron chi connectivity index (χ2n) is 4.73. The van der Waals surface area contributed by atoms with Crippen molar-refractivity contribution in [2.45, 2.75) is 18.2 Å². The molecule has 1 atom stereocenters. The molecule has 1 amide bonds. The van der Waals surface area contributed by atoms with Crippen LogP contribution in [0.2, 0.25) is 5.02 Å². The van der Waals surface area contributed by atoms with Crippen molar-refractivity contribution >= 4 is 35.2 Å². The predicted octanol–water partition coefficient (Wildman–Crippen LogP) is 3.09. The number of halogens is 1. The molecule has 1 aromatic rings. The lowest BCUT2D eigenvalue weighted by Crippen LogP contribution is -2.34. The van der Waals surface area contributed by atoms with Crippen LogP contribution in [0.25, 0.3) is 0 Å². The Morgan fingerprint density at radius 2 is 2.05 bits per heavy atom. The van der Waals surface area contributed by atoms with Crippen LogP contribution in [-0.2, 0) is 14.3 Å². The summed E-state index contributed by atoms with van der Waals surface area (Å²) in [5, 5.41) is 0.697. The van der Waals surface area contributed by atoms with Gasteiger partial charge in [0.25, 0.3) is 0 Å². The molecule has 116 valence electrons. The van der Waals surface area contributed by atoms with E-state index in [9.17, 15) is 9.59 Å². The SMILES string of the molecule is COC(=O)C(C)CN(C)C(=O)CCSc1ccccc1Cl. The Labute approximate surface area is 134 Å². The highest BCUT2D eigenvalue weighted by molar-refractivity contribution is 7.99. The molecule has 0 spiro atoms. The van der Waals surface area contributed by atoms with Gasteiger partial charge in [0.05, 0.1) is 18.1 Å². The highest BCUT2D eigenvalue weighted by Gasteiger charge is 2.18. The smallest absolute Gasteiger partial charge is 0.310 e. The van der Waals surface area contributed by atoms with Crippen LogP contribution >= 0.6 is 23.4 Å². The molecule has 0 bridgehead atoms. The molecular formula is C15H20ClNO3S. The average molecular weight is 330 g/mol. The summed E-state index contributed by atoms with van der Waals surface area (Å²) in [7, 11) is 3.04. The molecule has 0 heterocycles. The number of benzene rings is 1. The van der Waals surface area contributed by atoms with E-state index >= 15 is 0 Å². The predicted molar refractivity (Wildman–Crippen MR) is 85.6 cm³/mol. The van der Waals surface area contributed by atoms with Crippen molar-refractivity contribution in [2.24, 2.45) is 5.92 Å². The van der Waals surface area contributed by atoms with Crippen LogP contribution in [0.3, 0.4) is 0 Å². The standard InChI is InChI=1S/C15H20ClNO3S/c1-11(15(19)20-3)10-17(2)14(18)8-9-21-13-7-5-4-6-12(13)16/h4-7,11H,8-10H2,1-3H3. The van der Waals surface area contributed by atoms with Gasteiger partial charge < -0.3 is 9.64 Å². The van der Waals surface area contributed by atoms with E-state index in [0.717, 1.165) is 4.90 Å². The first-order chi connectivity index (χ1) is 9.95. The first-order valence-corrected chi connectivity index (χ1v) is 8.01. The van der Waals surface area contributed by atoms with Gasteiger partial charge in [0.2, 0.25) is 5.91 Å². The van der Waals surface area contributed by atoms with Crippen molar-refractivity contribution in [1.82, 2.24) is 4.90 Å². The van der Waals surface area contributed by atoms with Crippen LogP contribution in [0.4, 0.5) is 0 Å². The number of nitrogens with zero attached hydrogens (tertiary/aromatic N) is 1. The Hall–Kier alpha value is -1.20. The van der Waals surface area contributed by atoms with Crippen molar-refractivity contribution in [2.75, 3.05) is 26.5 Å². The molecule has 0 N–H and O–H groups in total. The third kappa shape index (κ3) is 5.98. The number of thioether (sulfide) groups is 1. The Balaban J connectivity index is 2.36. The number of hydrogen-bond acceptors (Lipinski definition) is 4. The van der Waals surface area contributed by atoms with Crippen LogP contribution in [-0.4, -0.2) is 43.2 Å². The zero-order valence-electron chi connectivity index (χ0n) is 12.5. The summed E-state index contributed by atoms with van der Waals surface area (Å²) in [5.74, 6) is 0.0325. The molecule has 0 radical (unpaired) electrons. The van der Waals surface area contributed by atoms with Gasteiger partial charge in [-0.2, -0.15) is 0 Å². The van der Waals surface area contributed by atoms with Crippen LogP contribution in [0, 0.1) is 5.92 Å². The van der Waals surface area contributed by atoms with E-state index < -0.39 is 0 Å². The minimum absolute atomic E-state index is 0.00491. The Kier molecular flexibility index (Phi) is 7.61. The summed E-state index contributed by atoms with van der Waals surface area (Å²) in [6.45, 7) is 2.11. The van der Waals surface area contributed by atoms with Crippen LogP contribution in [0.1, 0.15) is 13.3 Å². The molecular weight excluding hydrogens is 310 g/mol. The van der Waals surface area contributed by atoms with E-state index in [-0.39, 0.29) is 17.8 Å². The number of hydrogen-bond donors (Lipinski definition) is 0. The molecule has 0 fully saturated rings. The Bertz CT molecular complexity index is 496. The zero-order chi connectivity index (χ0) is 15.8. The maximum atomic E-state index is 12.0. The monoisotopic (exact) mass is 329 g/mol. The van der Waals surface area contributed by atoms with Gasteiger partial charge in [-0.25, -0.2) is 0 Å². The quantitative estimate of drug-likeness (QED) is 0.569. The summed E-state index contributed by atoms with van der Waals surface area (Å²) in [5.41, 5.74) is 0. The fourth-order valence-electron chi connectivity index (χ4n) is 1.79. The fraction of sp³-hybridized carbons (Fsp3) is 0.467. The maximum Gasteiger partial charge on any atom is 0.310 e. The van der Waals surface area contributed by atoms with Gasteiger partial charge in [0, 0.05) is 30.7 Å². The number of methoxy groups -OCH3 is 1. The van der Waals surface area contributed by atoms with E-state index in [1.807, 2.05) is 24.3 Å². The van der Waals surface area contributed by atoms with Crippen molar-refractivity contribution in [3.8, 4) is 0 Å². The minimum Gasteiger partial charge on any atom is -0.469 e. The van der Waals surface area contributed by atoms with Gasteiger partial charge in [0.15, 0.2) is 0 Å². The van der Waals surface area contributed by atoms with E-state index in [4.69, 9.17) is 11.6 Å². The normalized spacial score (nSPS) is 11.8. The molecule has 0 aliphatic heterocycles. The lowest BCUT2D eigenvalue weighted by Gasteiger charge is -2.20. The largest absolute Gasteiger partial charge is 0.469 e. The molecule has 21 heavy (non-hydrogen) atoms. The van der Waals surface area contributed by atoms with Gasteiger partial charge >= 0.3 is 5.97 Å². The van der Waals surface area contributed by atoms with Gasteiger partial charge in [-0.1, -0.05) is 30.7 Å². The zero-order valence-corrected chi connectivity index (χ0v) is 14.0. The van der Waals surface area contributed by atoms with Crippen molar-refractivity contribution in [3.05, 3.63) is 29.3 Å². The number of esters is 1. The molecule has 0 saturated carbocycles. The fourth-order valence-corrected chi connectivity index (χ4v) is 2.97. The highest BCUT2D eigenvalue weighted by Crippen LogP contribution is 2.27. The molecule has 6 heteroatoms. The molecule has 1 aromatic carbocycles. The Morgan fingerprint density at radius 3 is 2.67 bits per heavy atom. The number of carbonyl (C=O) groups excluding carboxylic acids is 2. The topological polar surface area (TPSA) is 46.6 Å². The van der Waals surface area contributed by atoms with Crippen LogP contribution in [0.5, 0.6) is 0 Å². The number of ether oxygens (including phenoxy) is 1. The molecule has 0 aromatic heterocycles. The first-order valence-electron chi connectivity index (χ1n) is 6.64. The van der Waals surface area contributed by atoms with Crippen molar-refractivity contribution in [1.29, 1.82) is 0 Å². The maximum absolute atomic E-state index is 12.0. The van der Waals surface area contributed by atoms with Crippen LogP contribution in [0.15, 0.2) is 29.2 Å².